The van der Waals surface area contributed by atoms with Gasteiger partial charge in [0, 0.05) is 37.1 Å². The van der Waals surface area contributed by atoms with Crippen LogP contribution in [0.15, 0.2) is 10.6 Å². The molecule has 2 aliphatic rings. The Labute approximate surface area is 180 Å². The molecule has 0 atom stereocenters. The number of hydrogen-bond donors (Lipinski definition) is 1. The number of aryl methyl sites for hydroxylation is 2. The summed E-state index contributed by atoms with van der Waals surface area (Å²) >= 11 is 1.52. The number of fused-ring (bicyclic) bond motifs is 1. The fourth-order valence-corrected chi connectivity index (χ4v) is 5.45. The number of aromatic nitrogens is 1. The van der Waals surface area contributed by atoms with Crippen LogP contribution in [0.4, 0.5) is 5.00 Å². The van der Waals surface area contributed by atoms with Gasteiger partial charge in [0.05, 0.1) is 31.5 Å². The molecule has 9 heteroatoms. The van der Waals surface area contributed by atoms with Gasteiger partial charge in [-0.1, -0.05) is 5.16 Å². The number of methoxy groups -OCH3 is 1. The Bertz CT molecular complexity index is 914. The lowest BCUT2D eigenvalue weighted by molar-refractivity contribution is -0.117. The lowest BCUT2D eigenvalue weighted by Gasteiger charge is -2.33. The van der Waals surface area contributed by atoms with Crippen molar-refractivity contribution in [3.8, 4) is 0 Å². The fourth-order valence-electron chi connectivity index (χ4n) is 4.16. The van der Waals surface area contributed by atoms with Crippen LogP contribution >= 0.6 is 11.3 Å². The van der Waals surface area contributed by atoms with E-state index in [0.29, 0.717) is 17.1 Å². The molecular weight excluding hydrogens is 404 g/mol. The zero-order chi connectivity index (χ0) is 21.1. The van der Waals surface area contributed by atoms with Crippen molar-refractivity contribution in [2.75, 3.05) is 45.2 Å². The molecule has 0 aromatic carbocycles. The van der Waals surface area contributed by atoms with E-state index in [2.05, 4.69) is 20.3 Å². The van der Waals surface area contributed by atoms with E-state index in [1.165, 1.54) is 23.3 Å². The molecule has 1 saturated heterocycles. The van der Waals surface area contributed by atoms with Gasteiger partial charge in [0.25, 0.3) is 0 Å². The van der Waals surface area contributed by atoms with Crippen molar-refractivity contribution in [2.24, 2.45) is 0 Å². The molecule has 1 aliphatic heterocycles. The Balaban J connectivity index is 1.32. The second kappa shape index (κ2) is 9.28. The van der Waals surface area contributed by atoms with Crippen molar-refractivity contribution >= 4 is 28.2 Å². The van der Waals surface area contributed by atoms with Crippen LogP contribution in [0, 0.1) is 6.92 Å². The van der Waals surface area contributed by atoms with E-state index in [-0.39, 0.29) is 11.9 Å². The highest BCUT2D eigenvalue weighted by atomic mass is 32.1. The molecule has 4 rings (SSSR count). The number of esters is 1. The summed E-state index contributed by atoms with van der Waals surface area (Å²) < 4.78 is 10.3. The van der Waals surface area contributed by atoms with Gasteiger partial charge in [-0.15, -0.1) is 11.3 Å². The first-order chi connectivity index (χ1) is 14.5. The summed E-state index contributed by atoms with van der Waals surface area (Å²) in [5.74, 6) is 0.426. The van der Waals surface area contributed by atoms with Crippen LogP contribution in [-0.2, 0) is 28.9 Å². The first-order valence-electron chi connectivity index (χ1n) is 10.4. The maximum atomic E-state index is 12.7. The van der Waals surface area contributed by atoms with Crippen molar-refractivity contribution in [1.29, 1.82) is 0 Å². The van der Waals surface area contributed by atoms with Crippen LogP contribution in [0.3, 0.4) is 0 Å². The summed E-state index contributed by atoms with van der Waals surface area (Å²) in [5, 5.41) is 7.55. The molecule has 8 nitrogen and oxygen atoms in total. The zero-order valence-corrected chi connectivity index (χ0v) is 18.3. The Morgan fingerprint density at radius 1 is 1.20 bits per heavy atom. The molecule has 162 valence electrons. The number of thiophene rings is 1. The Hall–Kier alpha value is -2.23. The van der Waals surface area contributed by atoms with Gasteiger partial charge in [-0.25, -0.2) is 4.79 Å². The quantitative estimate of drug-likeness (QED) is 0.702. The normalized spacial score (nSPS) is 17.5. The molecule has 1 N–H and O–H groups in total. The molecule has 3 heterocycles. The number of piperazine rings is 1. The van der Waals surface area contributed by atoms with Gasteiger partial charge in [-0.05, 0) is 38.2 Å². The number of nitrogens with one attached hydrogen (secondary N) is 1. The van der Waals surface area contributed by atoms with E-state index in [1.807, 2.05) is 13.0 Å². The summed E-state index contributed by atoms with van der Waals surface area (Å²) in [6.45, 7) is 6.33. The lowest BCUT2D eigenvalue weighted by Crippen LogP contribution is -2.48. The van der Waals surface area contributed by atoms with Gasteiger partial charge in [-0.2, -0.15) is 0 Å². The predicted molar refractivity (Wildman–Crippen MR) is 114 cm³/mol. The number of anilines is 1. The maximum Gasteiger partial charge on any atom is 0.341 e. The molecule has 0 spiro atoms. The van der Waals surface area contributed by atoms with Crippen LogP contribution in [0.2, 0.25) is 0 Å². The summed E-state index contributed by atoms with van der Waals surface area (Å²) in [4.78, 5) is 30.7. The van der Waals surface area contributed by atoms with Crippen molar-refractivity contribution in [3.05, 3.63) is 33.5 Å². The number of carbonyl (C=O) groups is 2. The van der Waals surface area contributed by atoms with Gasteiger partial charge in [0.15, 0.2) is 5.76 Å². The number of carbonyl (C=O) groups excluding carboxylic acids is 2. The average Bonchev–Trinajstić information content (AvgIpc) is 3.31. The van der Waals surface area contributed by atoms with E-state index in [0.717, 1.165) is 75.4 Å². The monoisotopic (exact) mass is 432 g/mol. The third kappa shape index (κ3) is 4.74. The van der Waals surface area contributed by atoms with Gasteiger partial charge in [-0.3, -0.25) is 14.6 Å². The minimum Gasteiger partial charge on any atom is -0.465 e. The fraction of sp³-hybridized carbons (Fsp3) is 0.571. The first kappa shape index (κ1) is 21.0. The molecule has 1 amide bonds. The van der Waals surface area contributed by atoms with E-state index in [9.17, 15) is 9.59 Å². The maximum absolute atomic E-state index is 12.7. The second-order valence-corrected chi connectivity index (χ2v) is 9.05. The van der Waals surface area contributed by atoms with E-state index >= 15 is 0 Å². The number of nitrogens with zero attached hydrogens (tertiary/aromatic N) is 3. The van der Waals surface area contributed by atoms with Crippen LogP contribution in [0.25, 0.3) is 0 Å². The van der Waals surface area contributed by atoms with E-state index in [1.54, 1.807) is 0 Å². The van der Waals surface area contributed by atoms with Crippen LogP contribution in [0.5, 0.6) is 0 Å². The Kier molecular flexibility index (Phi) is 6.50. The summed E-state index contributed by atoms with van der Waals surface area (Å²) in [6.07, 6.45) is 4.03. The largest absolute Gasteiger partial charge is 0.465 e. The van der Waals surface area contributed by atoms with Crippen molar-refractivity contribution in [3.63, 3.8) is 0 Å². The summed E-state index contributed by atoms with van der Waals surface area (Å²) in [6, 6.07) is 1.96. The molecular formula is C21H28N4O4S. The van der Waals surface area contributed by atoms with Crippen molar-refractivity contribution in [1.82, 2.24) is 15.0 Å². The molecule has 0 unspecified atom stereocenters. The number of ether oxygens (including phenoxy) is 1. The van der Waals surface area contributed by atoms with Crippen LogP contribution in [-0.4, -0.2) is 66.7 Å². The number of hydrogen-bond acceptors (Lipinski definition) is 8. The number of rotatable bonds is 6. The summed E-state index contributed by atoms with van der Waals surface area (Å²) in [5.41, 5.74) is 2.50. The predicted octanol–water partition coefficient (Wildman–Crippen LogP) is 2.47. The summed E-state index contributed by atoms with van der Waals surface area (Å²) in [7, 11) is 1.39. The highest BCUT2D eigenvalue weighted by Gasteiger charge is 2.27. The third-order valence-electron chi connectivity index (χ3n) is 5.70. The molecule has 0 bridgehead atoms. The SMILES string of the molecule is COC(=O)c1c(NC(=O)CN2CCN(Cc3cc(C)no3)CC2)sc2c1CCCC2. The van der Waals surface area contributed by atoms with Gasteiger partial charge >= 0.3 is 5.97 Å². The number of amides is 1. The molecule has 1 fully saturated rings. The van der Waals surface area contributed by atoms with E-state index in [4.69, 9.17) is 9.26 Å². The van der Waals surface area contributed by atoms with E-state index < -0.39 is 0 Å². The molecule has 2 aromatic rings. The Morgan fingerprint density at radius 2 is 1.93 bits per heavy atom. The highest BCUT2D eigenvalue weighted by Crippen LogP contribution is 2.38. The molecule has 0 saturated carbocycles. The second-order valence-electron chi connectivity index (χ2n) is 7.94. The van der Waals surface area contributed by atoms with Crippen LogP contribution < -0.4 is 5.32 Å². The molecule has 2 aromatic heterocycles. The minimum absolute atomic E-state index is 0.0851. The van der Waals surface area contributed by atoms with Gasteiger partial charge in [0.1, 0.15) is 5.00 Å². The van der Waals surface area contributed by atoms with Crippen molar-refractivity contribution in [2.45, 2.75) is 39.2 Å². The van der Waals surface area contributed by atoms with Gasteiger partial charge < -0.3 is 14.6 Å². The average molecular weight is 433 g/mol. The third-order valence-corrected chi connectivity index (χ3v) is 6.91. The van der Waals surface area contributed by atoms with Gasteiger partial charge in [0.2, 0.25) is 5.91 Å². The van der Waals surface area contributed by atoms with Crippen molar-refractivity contribution < 1.29 is 18.8 Å². The smallest absolute Gasteiger partial charge is 0.341 e. The molecule has 30 heavy (non-hydrogen) atoms. The van der Waals surface area contributed by atoms with Crippen LogP contribution in [0.1, 0.15) is 45.1 Å². The molecule has 1 aliphatic carbocycles. The Morgan fingerprint density at radius 3 is 2.63 bits per heavy atom. The highest BCUT2D eigenvalue weighted by molar-refractivity contribution is 7.17. The minimum atomic E-state index is -0.360. The first-order valence-corrected chi connectivity index (χ1v) is 11.2. The zero-order valence-electron chi connectivity index (χ0n) is 17.5. The standard InChI is InChI=1S/C21H28N4O4S/c1-14-11-15(29-23-14)12-24-7-9-25(10-8-24)13-18(26)22-20-19(21(27)28-2)16-5-3-4-6-17(16)30-20/h11H,3-10,12-13H2,1-2H3,(H,22,26). The lowest BCUT2D eigenvalue weighted by atomic mass is 9.95. The molecule has 0 radical (unpaired) electrons. The topological polar surface area (TPSA) is 87.9 Å².